The maximum atomic E-state index is 12.4. The van der Waals surface area contributed by atoms with Gasteiger partial charge in [0.15, 0.2) is 0 Å². The lowest BCUT2D eigenvalue weighted by atomic mass is 10.2. The summed E-state index contributed by atoms with van der Waals surface area (Å²) in [6.45, 7) is 1.08. The van der Waals surface area contributed by atoms with Gasteiger partial charge in [-0.15, -0.1) is 0 Å². The van der Waals surface area contributed by atoms with Crippen LogP contribution in [0.5, 0.6) is 5.75 Å². The average Bonchev–Trinajstić information content (AvgIpc) is 2.84. The predicted octanol–water partition coefficient (Wildman–Crippen LogP) is 2.82. The summed E-state index contributed by atoms with van der Waals surface area (Å²) in [5.41, 5.74) is 1.39. The van der Waals surface area contributed by atoms with Gasteiger partial charge in [0, 0.05) is 10.7 Å². The molecule has 3 rings (SSSR count). The maximum Gasteiger partial charge on any atom is 0.274 e. The fourth-order valence-corrected chi connectivity index (χ4v) is 2.36. The summed E-state index contributed by atoms with van der Waals surface area (Å²) in [5.74, 6) is 0.708. The Balaban J connectivity index is 1.96. The van der Waals surface area contributed by atoms with Crippen LogP contribution in [0.4, 0.5) is 5.69 Å². The molecule has 18 heavy (non-hydrogen) atoms. The second-order valence-electron chi connectivity index (χ2n) is 4.00. The topological polar surface area (TPSA) is 45.3 Å². The molecule has 2 aromatic rings. The SMILES string of the molecule is O=C(c1cc(Br)c[nH]1)N1CCOc2ccccc21. The van der Waals surface area contributed by atoms with Crippen LogP contribution in [-0.2, 0) is 0 Å². The first-order valence-corrected chi connectivity index (χ1v) is 6.42. The van der Waals surface area contributed by atoms with Gasteiger partial charge in [-0.2, -0.15) is 0 Å². The van der Waals surface area contributed by atoms with Crippen molar-refractivity contribution in [2.24, 2.45) is 0 Å². The quantitative estimate of drug-likeness (QED) is 0.880. The second kappa shape index (κ2) is 4.49. The molecule has 2 heterocycles. The second-order valence-corrected chi connectivity index (χ2v) is 4.92. The molecule has 0 radical (unpaired) electrons. The summed E-state index contributed by atoms with van der Waals surface area (Å²) in [7, 11) is 0. The van der Waals surface area contributed by atoms with Gasteiger partial charge in [0.25, 0.3) is 5.91 Å². The third-order valence-electron chi connectivity index (χ3n) is 2.85. The molecule has 1 aliphatic rings. The van der Waals surface area contributed by atoms with Gasteiger partial charge in [0.2, 0.25) is 0 Å². The molecule has 92 valence electrons. The highest BCUT2D eigenvalue weighted by molar-refractivity contribution is 9.10. The van der Waals surface area contributed by atoms with Crippen molar-refractivity contribution in [3.8, 4) is 5.75 Å². The van der Waals surface area contributed by atoms with Crippen molar-refractivity contribution in [2.75, 3.05) is 18.1 Å². The fourth-order valence-electron chi connectivity index (χ4n) is 2.02. The molecule has 0 unspecified atom stereocenters. The van der Waals surface area contributed by atoms with E-state index in [9.17, 15) is 4.79 Å². The van der Waals surface area contributed by atoms with Crippen LogP contribution in [-0.4, -0.2) is 24.0 Å². The van der Waals surface area contributed by atoms with Gasteiger partial charge in [-0.1, -0.05) is 12.1 Å². The van der Waals surface area contributed by atoms with E-state index < -0.39 is 0 Å². The van der Waals surface area contributed by atoms with Crippen LogP contribution in [0.2, 0.25) is 0 Å². The van der Waals surface area contributed by atoms with Crippen LogP contribution in [0.3, 0.4) is 0 Å². The molecule has 5 heteroatoms. The number of benzene rings is 1. The number of para-hydroxylation sites is 2. The highest BCUT2D eigenvalue weighted by Crippen LogP contribution is 2.31. The Morgan fingerprint density at radius 3 is 3.00 bits per heavy atom. The van der Waals surface area contributed by atoms with E-state index in [1.807, 2.05) is 24.3 Å². The fraction of sp³-hybridized carbons (Fsp3) is 0.154. The molecule has 0 atom stereocenters. The molecule has 4 nitrogen and oxygen atoms in total. The molecule has 0 fully saturated rings. The molecular weight excluding hydrogens is 296 g/mol. The first-order valence-electron chi connectivity index (χ1n) is 5.63. The van der Waals surface area contributed by atoms with Gasteiger partial charge in [-0.3, -0.25) is 4.79 Å². The first kappa shape index (κ1) is 11.3. The summed E-state index contributed by atoms with van der Waals surface area (Å²) < 4.78 is 6.40. The number of halogens is 1. The van der Waals surface area contributed by atoms with Crippen molar-refractivity contribution in [3.05, 3.63) is 46.7 Å². The maximum absolute atomic E-state index is 12.4. The van der Waals surface area contributed by atoms with Gasteiger partial charge < -0.3 is 14.6 Å². The standard InChI is InChI=1S/C13H11BrN2O2/c14-9-7-10(15-8-9)13(17)16-5-6-18-12-4-2-1-3-11(12)16/h1-4,7-8,15H,5-6H2. The number of amides is 1. The number of carbonyl (C=O) groups is 1. The lowest BCUT2D eigenvalue weighted by Crippen LogP contribution is -2.38. The van der Waals surface area contributed by atoms with Crippen molar-refractivity contribution in [1.29, 1.82) is 0 Å². The third-order valence-corrected chi connectivity index (χ3v) is 3.31. The number of ether oxygens (including phenoxy) is 1. The molecule has 0 aliphatic carbocycles. The Morgan fingerprint density at radius 1 is 1.39 bits per heavy atom. The number of nitrogens with one attached hydrogen (secondary N) is 1. The Morgan fingerprint density at radius 2 is 2.22 bits per heavy atom. The lowest BCUT2D eigenvalue weighted by Gasteiger charge is -2.29. The average molecular weight is 307 g/mol. The van der Waals surface area contributed by atoms with E-state index >= 15 is 0 Å². The van der Waals surface area contributed by atoms with E-state index in [0.29, 0.717) is 18.8 Å². The number of aromatic amines is 1. The lowest BCUT2D eigenvalue weighted by molar-refractivity contribution is 0.0972. The largest absolute Gasteiger partial charge is 0.490 e. The summed E-state index contributed by atoms with van der Waals surface area (Å²) in [6.07, 6.45) is 1.75. The van der Waals surface area contributed by atoms with E-state index in [1.54, 1.807) is 17.2 Å². The minimum absolute atomic E-state index is 0.0450. The van der Waals surface area contributed by atoms with Crippen LogP contribution in [0.25, 0.3) is 0 Å². The van der Waals surface area contributed by atoms with Crippen LogP contribution >= 0.6 is 15.9 Å². The monoisotopic (exact) mass is 306 g/mol. The third kappa shape index (κ3) is 1.90. The predicted molar refractivity (Wildman–Crippen MR) is 72.1 cm³/mol. The van der Waals surface area contributed by atoms with E-state index in [4.69, 9.17) is 4.74 Å². The number of anilines is 1. The van der Waals surface area contributed by atoms with Gasteiger partial charge in [0.1, 0.15) is 18.1 Å². The minimum Gasteiger partial charge on any atom is -0.490 e. The van der Waals surface area contributed by atoms with E-state index in [0.717, 1.165) is 15.9 Å². The number of fused-ring (bicyclic) bond motifs is 1. The van der Waals surface area contributed by atoms with Crippen LogP contribution in [0, 0.1) is 0 Å². The summed E-state index contributed by atoms with van der Waals surface area (Å²) >= 11 is 3.33. The highest BCUT2D eigenvalue weighted by atomic mass is 79.9. The molecule has 0 bridgehead atoms. The molecule has 1 aromatic heterocycles. The number of hydrogen-bond acceptors (Lipinski definition) is 2. The van der Waals surface area contributed by atoms with Crippen molar-refractivity contribution in [1.82, 2.24) is 4.98 Å². The molecule has 1 aromatic carbocycles. The molecule has 0 saturated carbocycles. The van der Waals surface area contributed by atoms with Crippen molar-refractivity contribution in [2.45, 2.75) is 0 Å². The van der Waals surface area contributed by atoms with E-state index in [2.05, 4.69) is 20.9 Å². The summed E-state index contributed by atoms with van der Waals surface area (Å²) in [4.78, 5) is 17.1. The van der Waals surface area contributed by atoms with Gasteiger partial charge >= 0.3 is 0 Å². The number of hydrogen-bond donors (Lipinski definition) is 1. The van der Waals surface area contributed by atoms with E-state index in [1.165, 1.54) is 0 Å². The van der Waals surface area contributed by atoms with Crippen LogP contribution in [0.1, 0.15) is 10.5 Å². The Labute approximate surface area is 113 Å². The van der Waals surface area contributed by atoms with Crippen molar-refractivity contribution >= 4 is 27.5 Å². The Hall–Kier alpha value is -1.75. The number of rotatable bonds is 1. The summed E-state index contributed by atoms with van der Waals surface area (Å²) in [5, 5.41) is 0. The van der Waals surface area contributed by atoms with Gasteiger partial charge in [-0.25, -0.2) is 0 Å². The zero-order valence-electron chi connectivity index (χ0n) is 9.52. The van der Waals surface area contributed by atoms with Crippen LogP contribution in [0.15, 0.2) is 41.0 Å². The Bertz CT molecular complexity index is 594. The first-order chi connectivity index (χ1) is 8.75. The molecule has 1 aliphatic heterocycles. The molecule has 0 saturated heterocycles. The normalized spacial score (nSPS) is 13.9. The zero-order valence-corrected chi connectivity index (χ0v) is 11.1. The smallest absolute Gasteiger partial charge is 0.274 e. The molecule has 1 amide bonds. The number of aromatic nitrogens is 1. The zero-order chi connectivity index (χ0) is 12.5. The molecule has 0 spiro atoms. The van der Waals surface area contributed by atoms with Crippen LogP contribution < -0.4 is 9.64 Å². The summed E-state index contributed by atoms with van der Waals surface area (Å²) in [6, 6.07) is 9.35. The van der Waals surface area contributed by atoms with Gasteiger partial charge in [-0.05, 0) is 34.1 Å². The number of nitrogens with zero attached hydrogens (tertiary/aromatic N) is 1. The van der Waals surface area contributed by atoms with E-state index in [-0.39, 0.29) is 5.91 Å². The van der Waals surface area contributed by atoms with Crippen molar-refractivity contribution < 1.29 is 9.53 Å². The Kier molecular flexibility index (Phi) is 2.83. The van der Waals surface area contributed by atoms with Crippen molar-refractivity contribution in [3.63, 3.8) is 0 Å². The molecular formula is C13H11BrN2O2. The highest BCUT2D eigenvalue weighted by Gasteiger charge is 2.24. The molecule has 1 N–H and O–H groups in total. The number of H-pyrrole nitrogens is 1. The van der Waals surface area contributed by atoms with Gasteiger partial charge in [0.05, 0.1) is 12.2 Å². The number of carbonyl (C=O) groups excluding carboxylic acids is 1. The minimum atomic E-state index is -0.0450.